The van der Waals surface area contributed by atoms with E-state index >= 15 is 0 Å². The highest BCUT2D eigenvalue weighted by Gasteiger charge is 2.47. The summed E-state index contributed by atoms with van der Waals surface area (Å²) < 4.78 is 0. The van der Waals surface area contributed by atoms with Gasteiger partial charge in [0.15, 0.2) is 0 Å². The van der Waals surface area contributed by atoms with Gasteiger partial charge in [0.2, 0.25) is 5.91 Å². The summed E-state index contributed by atoms with van der Waals surface area (Å²) in [7, 11) is 0. The first kappa shape index (κ1) is 13.7. The van der Waals surface area contributed by atoms with Crippen molar-refractivity contribution < 1.29 is 19.9 Å². The molecule has 1 aliphatic rings. The van der Waals surface area contributed by atoms with Gasteiger partial charge >= 0.3 is 5.97 Å². The molecule has 17 heavy (non-hydrogen) atoms. The van der Waals surface area contributed by atoms with Crippen molar-refractivity contribution in [1.29, 1.82) is 0 Å². The molecule has 0 aromatic carbocycles. The van der Waals surface area contributed by atoms with Gasteiger partial charge in [-0.1, -0.05) is 6.08 Å². The summed E-state index contributed by atoms with van der Waals surface area (Å²) in [5.41, 5.74) is -1.13. The zero-order valence-electron chi connectivity index (χ0n) is 10.4. The van der Waals surface area contributed by atoms with Crippen molar-refractivity contribution in [2.75, 3.05) is 6.54 Å². The fourth-order valence-corrected chi connectivity index (χ4v) is 2.02. The Morgan fingerprint density at radius 2 is 1.88 bits per heavy atom. The lowest BCUT2D eigenvalue weighted by Gasteiger charge is -2.35. The predicted molar refractivity (Wildman–Crippen MR) is 60.5 cm³/mol. The van der Waals surface area contributed by atoms with Crippen LogP contribution in [0.2, 0.25) is 0 Å². The second kappa shape index (κ2) is 4.12. The summed E-state index contributed by atoms with van der Waals surface area (Å²) in [5.74, 6) is -1.57. The lowest BCUT2D eigenvalue weighted by molar-refractivity contribution is -0.186. The molecule has 0 spiro atoms. The molecule has 1 rings (SSSR count). The third-order valence-corrected chi connectivity index (χ3v) is 2.88. The van der Waals surface area contributed by atoms with Crippen molar-refractivity contribution in [3.05, 3.63) is 11.6 Å². The minimum absolute atomic E-state index is 0.367. The van der Waals surface area contributed by atoms with E-state index in [4.69, 9.17) is 5.11 Å². The van der Waals surface area contributed by atoms with E-state index < -0.39 is 29.5 Å². The quantitative estimate of drug-likeness (QED) is 0.665. The molecule has 0 saturated heterocycles. The first-order valence-electron chi connectivity index (χ1n) is 5.31. The van der Waals surface area contributed by atoms with Gasteiger partial charge in [-0.25, -0.2) is 0 Å². The molecule has 0 saturated carbocycles. The van der Waals surface area contributed by atoms with Crippen LogP contribution in [-0.4, -0.2) is 44.9 Å². The third kappa shape index (κ3) is 2.48. The van der Waals surface area contributed by atoms with Gasteiger partial charge in [-0.15, -0.1) is 0 Å². The second-order valence-corrected chi connectivity index (χ2v) is 5.16. The zero-order valence-corrected chi connectivity index (χ0v) is 10.4. The molecular weight excluding hydrogens is 224 g/mol. The Bertz CT molecular complexity index is 385. The van der Waals surface area contributed by atoms with E-state index in [2.05, 4.69) is 5.32 Å². The highest BCUT2D eigenvalue weighted by atomic mass is 16.5. The van der Waals surface area contributed by atoms with Crippen LogP contribution in [0.1, 0.15) is 27.7 Å². The standard InChI is InChI=1S/C11H18N2O4/c1-10(2)5-7(11(3,4)13(10)17)9(16)12-6-8(14)15/h5,17H,6H2,1-4H3,(H,12,16)(H,14,15). The number of carbonyl (C=O) groups excluding carboxylic acids is 1. The molecule has 0 radical (unpaired) electrons. The molecular formula is C11H18N2O4. The molecule has 0 aromatic heterocycles. The summed E-state index contributed by atoms with van der Waals surface area (Å²) in [5, 5.41) is 21.8. The molecule has 6 heteroatoms. The van der Waals surface area contributed by atoms with Crippen LogP contribution in [0.4, 0.5) is 0 Å². The van der Waals surface area contributed by atoms with E-state index in [0.717, 1.165) is 5.06 Å². The van der Waals surface area contributed by atoms with Crippen LogP contribution in [0.5, 0.6) is 0 Å². The van der Waals surface area contributed by atoms with Crippen LogP contribution in [0.25, 0.3) is 0 Å². The number of rotatable bonds is 3. The van der Waals surface area contributed by atoms with E-state index in [-0.39, 0.29) is 0 Å². The van der Waals surface area contributed by atoms with Gasteiger partial charge in [0.05, 0.1) is 11.1 Å². The van der Waals surface area contributed by atoms with Gasteiger partial charge in [-0.05, 0) is 27.7 Å². The predicted octanol–water partition coefficient (Wildman–Crippen LogP) is 0.376. The minimum Gasteiger partial charge on any atom is -0.480 e. The molecule has 0 unspecified atom stereocenters. The minimum atomic E-state index is -1.10. The topological polar surface area (TPSA) is 89.9 Å². The smallest absolute Gasteiger partial charge is 0.322 e. The number of hydrogen-bond donors (Lipinski definition) is 3. The Morgan fingerprint density at radius 3 is 2.24 bits per heavy atom. The van der Waals surface area contributed by atoms with Crippen LogP contribution in [0.15, 0.2) is 11.6 Å². The van der Waals surface area contributed by atoms with Crippen LogP contribution < -0.4 is 5.32 Å². The molecule has 0 fully saturated rings. The monoisotopic (exact) mass is 242 g/mol. The number of carboxylic acids is 1. The zero-order chi connectivity index (χ0) is 13.4. The van der Waals surface area contributed by atoms with E-state index in [9.17, 15) is 14.8 Å². The fraction of sp³-hybridized carbons (Fsp3) is 0.636. The van der Waals surface area contributed by atoms with Crippen molar-refractivity contribution in [3.8, 4) is 0 Å². The van der Waals surface area contributed by atoms with Gasteiger partial charge in [-0.3, -0.25) is 9.59 Å². The number of nitrogens with zero attached hydrogens (tertiary/aromatic N) is 1. The normalized spacial score (nSPS) is 22.1. The molecule has 0 aliphatic carbocycles. The van der Waals surface area contributed by atoms with Gasteiger partial charge in [0.1, 0.15) is 6.54 Å². The highest BCUT2D eigenvalue weighted by Crippen LogP contribution is 2.38. The Kier molecular flexibility index (Phi) is 3.31. The van der Waals surface area contributed by atoms with Crippen LogP contribution >= 0.6 is 0 Å². The van der Waals surface area contributed by atoms with Crippen LogP contribution in [0, 0.1) is 0 Å². The Labute approximate surface area is 99.9 Å². The lowest BCUT2D eigenvalue weighted by Crippen LogP contribution is -2.49. The number of aliphatic carboxylic acids is 1. The molecule has 1 amide bonds. The largest absolute Gasteiger partial charge is 0.480 e. The number of amides is 1. The molecule has 1 heterocycles. The summed E-state index contributed by atoms with van der Waals surface area (Å²) >= 11 is 0. The first-order chi connectivity index (χ1) is 7.59. The fourth-order valence-electron chi connectivity index (χ4n) is 2.02. The molecule has 0 bridgehead atoms. The highest BCUT2D eigenvalue weighted by molar-refractivity contribution is 5.97. The maximum Gasteiger partial charge on any atom is 0.322 e. The van der Waals surface area contributed by atoms with Crippen LogP contribution in [0.3, 0.4) is 0 Å². The lowest BCUT2D eigenvalue weighted by atomic mass is 9.96. The number of carbonyl (C=O) groups is 2. The second-order valence-electron chi connectivity index (χ2n) is 5.16. The molecule has 0 aromatic rings. The number of hydroxylamine groups is 2. The molecule has 3 N–H and O–H groups in total. The molecule has 0 atom stereocenters. The number of hydrogen-bond acceptors (Lipinski definition) is 4. The van der Waals surface area contributed by atoms with Crippen molar-refractivity contribution in [1.82, 2.24) is 10.4 Å². The van der Waals surface area contributed by atoms with E-state index in [1.54, 1.807) is 33.8 Å². The first-order valence-corrected chi connectivity index (χ1v) is 5.31. The van der Waals surface area contributed by atoms with Crippen molar-refractivity contribution >= 4 is 11.9 Å². The van der Waals surface area contributed by atoms with E-state index in [1.165, 1.54) is 0 Å². The van der Waals surface area contributed by atoms with E-state index in [1.807, 2.05) is 0 Å². The Morgan fingerprint density at radius 1 is 1.35 bits per heavy atom. The Balaban J connectivity index is 2.90. The average Bonchev–Trinajstić information content (AvgIpc) is 2.35. The molecule has 6 nitrogen and oxygen atoms in total. The van der Waals surface area contributed by atoms with Gasteiger partial charge in [-0.2, -0.15) is 5.06 Å². The van der Waals surface area contributed by atoms with E-state index in [0.29, 0.717) is 5.57 Å². The molecule has 96 valence electrons. The maximum atomic E-state index is 11.8. The van der Waals surface area contributed by atoms with Gasteiger partial charge < -0.3 is 15.6 Å². The van der Waals surface area contributed by atoms with Crippen LogP contribution in [-0.2, 0) is 9.59 Å². The number of nitrogens with one attached hydrogen (secondary N) is 1. The third-order valence-electron chi connectivity index (χ3n) is 2.88. The summed E-state index contributed by atoms with van der Waals surface area (Å²) in [6.07, 6.45) is 1.64. The maximum absolute atomic E-state index is 11.8. The van der Waals surface area contributed by atoms with Crippen molar-refractivity contribution in [3.63, 3.8) is 0 Å². The summed E-state index contributed by atoms with van der Waals surface area (Å²) in [6, 6.07) is 0. The SMILES string of the molecule is CC1(C)C=C(C(=O)NCC(=O)O)C(C)(C)N1O. The van der Waals surface area contributed by atoms with Crippen molar-refractivity contribution in [2.45, 2.75) is 38.8 Å². The van der Waals surface area contributed by atoms with Gasteiger partial charge in [0, 0.05) is 5.57 Å². The Hall–Kier alpha value is -1.40. The average molecular weight is 242 g/mol. The summed E-state index contributed by atoms with van der Waals surface area (Å²) in [6.45, 7) is 6.51. The number of carboxylic acid groups (broad SMARTS) is 1. The van der Waals surface area contributed by atoms with Crippen molar-refractivity contribution in [2.24, 2.45) is 0 Å². The molecule has 1 aliphatic heterocycles. The summed E-state index contributed by atoms with van der Waals surface area (Å²) in [4.78, 5) is 22.2. The van der Waals surface area contributed by atoms with Gasteiger partial charge in [0.25, 0.3) is 0 Å².